The number of amides is 1. The normalized spacial score (nSPS) is 17.1. The van der Waals surface area contributed by atoms with E-state index in [1.54, 1.807) is 17.5 Å². The van der Waals surface area contributed by atoms with Crippen LogP contribution >= 0.6 is 22.7 Å². The summed E-state index contributed by atoms with van der Waals surface area (Å²) in [7, 11) is 0. The molecule has 1 saturated carbocycles. The summed E-state index contributed by atoms with van der Waals surface area (Å²) in [5.74, 6) is 0.428. The van der Waals surface area contributed by atoms with E-state index < -0.39 is 0 Å². The quantitative estimate of drug-likeness (QED) is 0.830. The van der Waals surface area contributed by atoms with E-state index in [1.807, 2.05) is 16.8 Å². The number of thiazole rings is 1. The summed E-state index contributed by atoms with van der Waals surface area (Å²) in [6, 6.07) is 2.08. The van der Waals surface area contributed by atoms with Crippen LogP contribution in [0.2, 0.25) is 0 Å². The van der Waals surface area contributed by atoms with Crippen molar-refractivity contribution in [1.29, 1.82) is 0 Å². The first-order chi connectivity index (χ1) is 11.3. The van der Waals surface area contributed by atoms with E-state index in [-0.39, 0.29) is 18.6 Å². The Bertz CT molecular complexity index is 618. The van der Waals surface area contributed by atoms with Crippen LogP contribution in [0.1, 0.15) is 48.2 Å². The Morgan fingerprint density at radius 3 is 2.91 bits per heavy atom. The highest BCUT2D eigenvalue weighted by atomic mass is 32.1. The fraction of sp³-hybridized carbons (Fsp3) is 0.529. The van der Waals surface area contributed by atoms with E-state index in [9.17, 15) is 9.90 Å². The lowest BCUT2D eigenvalue weighted by molar-refractivity contribution is 0.0903. The number of hydrogen-bond acceptors (Lipinski definition) is 5. The Labute approximate surface area is 144 Å². The molecule has 0 saturated heterocycles. The number of nitrogens with zero attached hydrogens (tertiary/aromatic N) is 1. The highest BCUT2D eigenvalue weighted by molar-refractivity contribution is 7.17. The number of aromatic nitrogens is 1. The van der Waals surface area contributed by atoms with Gasteiger partial charge in [0.05, 0.1) is 6.20 Å². The predicted octanol–water partition coefficient (Wildman–Crippen LogP) is 3.93. The van der Waals surface area contributed by atoms with Crippen LogP contribution in [0, 0.1) is 5.92 Å². The first-order valence-corrected chi connectivity index (χ1v) is 9.94. The third-order valence-corrected chi connectivity index (χ3v) is 6.20. The molecule has 0 spiro atoms. The fourth-order valence-corrected chi connectivity index (χ4v) is 4.77. The standard InChI is InChI=1S/C17H22N2O2S2/c20-8-6-14(12-4-2-1-3-5-12)19-16(21)15-10-18-17(23-15)13-7-9-22-11-13/h7,9-12,14,20H,1-6,8H2,(H,19,21). The van der Waals surface area contributed by atoms with Gasteiger partial charge in [0, 0.05) is 23.6 Å². The number of aliphatic hydroxyl groups is 1. The number of aliphatic hydroxyl groups excluding tert-OH is 1. The summed E-state index contributed by atoms with van der Waals surface area (Å²) >= 11 is 3.05. The molecule has 0 aliphatic heterocycles. The van der Waals surface area contributed by atoms with E-state index >= 15 is 0 Å². The maximum absolute atomic E-state index is 12.5. The second kappa shape index (κ2) is 8.04. The topological polar surface area (TPSA) is 62.2 Å². The maximum atomic E-state index is 12.5. The van der Waals surface area contributed by atoms with E-state index in [2.05, 4.69) is 10.3 Å². The molecule has 1 unspecified atom stereocenters. The zero-order chi connectivity index (χ0) is 16.1. The molecular formula is C17H22N2O2S2. The van der Waals surface area contributed by atoms with Gasteiger partial charge in [-0.2, -0.15) is 11.3 Å². The average Bonchev–Trinajstić information content (AvgIpc) is 3.26. The van der Waals surface area contributed by atoms with Crippen LogP contribution in [0.4, 0.5) is 0 Å². The minimum Gasteiger partial charge on any atom is -0.396 e. The first kappa shape index (κ1) is 16.6. The summed E-state index contributed by atoms with van der Waals surface area (Å²) in [6.07, 6.45) is 8.32. The Morgan fingerprint density at radius 2 is 2.22 bits per heavy atom. The number of carbonyl (C=O) groups is 1. The van der Waals surface area contributed by atoms with Crippen LogP contribution in [0.3, 0.4) is 0 Å². The SMILES string of the molecule is O=C(NC(CCO)C1CCCCC1)c1cnc(-c2ccsc2)s1. The van der Waals surface area contributed by atoms with Crippen molar-refractivity contribution in [2.24, 2.45) is 5.92 Å². The summed E-state index contributed by atoms with van der Waals surface area (Å²) in [6.45, 7) is 0.115. The smallest absolute Gasteiger partial charge is 0.263 e. The number of carbonyl (C=O) groups excluding carboxylic acids is 1. The van der Waals surface area contributed by atoms with E-state index in [0.717, 1.165) is 23.4 Å². The van der Waals surface area contributed by atoms with Crippen LogP contribution in [-0.4, -0.2) is 28.6 Å². The van der Waals surface area contributed by atoms with Gasteiger partial charge in [0.2, 0.25) is 0 Å². The lowest BCUT2D eigenvalue weighted by Crippen LogP contribution is -2.41. The molecule has 0 bridgehead atoms. The number of rotatable bonds is 6. The number of hydrogen-bond donors (Lipinski definition) is 2. The van der Waals surface area contributed by atoms with Gasteiger partial charge in [0.25, 0.3) is 5.91 Å². The minimum absolute atomic E-state index is 0.0620. The van der Waals surface area contributed by atoms with E-state index in [4.69, 9.17) is 0 Å². The Hall–Kier alpha value is -1.24. The molecule has 2 aromatic rings. The van der Waals surface area contributed by atoms with Gasteiger partial charge in [0.1, 0.15) is 9.88 Å². The molecule has 3 rings (SSSR count). The molecule has 1 fully saturated rings. The lowest BCUT2D eigenvalue weighted by atomic mass is 9.82. The van der Waals surface area contributed by atoms with Gasteiger partial charge in [-0.15, -0.1) is 11.3 Å². The largest absolute Gasteiger partial charge is 0.396 e. The Kier molecular flexibility index (Phi) is 5.80. The molecule has 1 atom stereocenters. The second-order valence-electron chi connectivity index (χ2n) is 6.03. The number of thiophene rings is 1. The van der Waals surface area contributed by atoms with Crippen LogP contribution < -0.4 is 5.32 Å². The van der Waals surface area contributed by atoms with Crippen LogP contribution in [0.15, 0.2) is 23.0 Å². The van der Waals surface area contributed by atoms with Gasteiger partial charge in [-0.3, -0.25) is 4.79 Å². The second-order valence-corrected chi connectivity index (χ2v) is 7.84. The van der Waals surface area contributed by atoms with Crippen LogP contribution in [0.25, 0.3) is 10.6 Å². The predicted molar refractivity (Wildman–Crippen MR) is 95.0 cm³/mol. The van der Waals surface area contributed by atoms with Crippen molar-refractivity contribution < 1.29 is 9.90 Å². The van der Waals surface area contributed by atoms with Crippen molar-refractivity contribution in [3.05, 3.63) is 27.9 Å². The highest BCUT2D eigenvalue weighted by Crippen LogP contribution is 2.29. The zero-order valence-corrected chi connectivity index (χ0v) is 14.7. The molecule has 4 nitrogen and oxygen atoms in total. The molecule has 1 amide bonds. The Morgan fingerprint density at radius 1 is 1.39 bits per heavy atom. The lowest BCUT2D eigenvalue weighted by Gasteiger charge is -2.30. The molecule has 0 radical (unpaired) electrons. The van der Waals surface area contributed by atoms with Gasteiger partial charge in [-0.05, 0) is 36.6 Å². The van der Waals surface area contributed by atoms with Crippen molar-refractivity contribution in [2.75, 3.05) is 6.61 Å². The van der Waals surface area contributed by atoms with Gasteiger partial charge in [0.15, 0.2) is 0 Å². The number of nitrogens with one attached hydrogen (secondary N) is 1. The molecule has 2 aromatic heterocycles. The third-order valence-electron chi connectivity index (χ3n) is 4.47. The van der Waals surface area contributed by atoms with Crippen LogP contribution in [-0.2, 0) is 0 Å². The molecule has 2 heterocycles. The first-order valence-electron chi connectivity index (χ1n) is 8.18. The summed E-state index contributed by atoms with van der Waals surface area (Å²) in [4.78, 5) is 17.5. The molecule has 1 aliphatic rings. The van der Waals surface area contributed by atoms with Crippen molar-refractivity contribution in [2.45, 2.75) is 44.6 Å². The van der Waals surface area contributed by atoms with Crippen molar-refractivity contribution in [3.63, 3.8) is 0 Å². The van der Waals surface area contributed by atoms with Crippen molar-refractivity contribution in [1.82, 2.24) is 10.3 Å². The highest BCUT2D eigenvalue weighted by Gasteiger charge is 2.25. The zero-order valence-electron chi connectivity index (χ0n) is 13.0. The van der Waals surface area contributed by atoms with Crippen molar-refractivity contribution >= 4 is 28.6 Å². The molecule has 0 aromatic carbocycles. The molecule has 23 heavy (non-hydrogen) atoms. The fourth-order valence-electron chi connectivity index (χ4n) is 3.24. The summed E-state index contributed by atoms with van der Waals surface area (Å²) < 4.78 is 0. The molecular weight excluding hydrogens is 328 g/mol. The van der Waals surface area contributed by atoms with E-state index in [1.165, 1.54) is 30.6 Å². The molecule has 6 heteroatoms. The van der Waals surface area contributed by atoms with Gasteiger partial charge >= 0.3 is 0 Å². The molecule has 2 N–H and O–H groups in total. The molecule has 124 valence electrons. The monoisotopic (exact) mass is 350 g/mol. The summed E-state index contributed by atoms with van der Waals surface area (Å²) in [5.41, 5.74) is 1.07. The van der Waals surface area contributed by atoms with Crippen molar-refractivity contribution in [3.8, 4) is 10.6 Å². The van der Waals surface area contributed by atoms with Gasteiger partial charge < -0.3 is 10.4 Å². The Balaban J connectivity index is 1.66. The average molecular weight is 351 g/mol. The minimum atomic E-state index is -0.0620. The van der Waals surface area contributed by atoms with Gasteiger partial charge in [-0.25, -0.2) is 4.98 Å². The maximum Gasteiger partial charge on any atom is 0.263 e. The van der Waals surface area contributed by atoms with E-state index in [0.29, 0.717) is 17.2 Å². The summed E-state index contributed by atoms with van der Waals surface area (Å²) in [5, 5.41) is 17.4. The molecule has 1 aliphatic carbocycles. The van der Waals surface area contributed by atoms with Crippen LogP contribution in [0.5, 0.6) is 0 Å². The van der Waals surface area contributed by atoms with Gasteiger partial charge in [-0.1, -0.05) is 19.3 Å². The third kappa shape index (κ3) is 4.19.